The molecule has 0 aliphatic rings. The Morgan fingerprint density at radius 2 is 1.81 bits per heavy atom. The second-order valence-electron chi connectivity index (χ2n) is 5.67. The Labute approximate surface area is 153 Å². The van der Waals surface area contributed by atoms with Crippen molar-refractivity contribution in [2.24, 2.45) is 0 Å². The summed E-state index contributed by atoms with van der Waals surface area (Å²) >= 11 is 0. The van der Waals surface area contributed by atoms with Crippen LogP contribution < -0.4 is 5.32 Å². The van der Waals surface area contributed by atoms with Gasteiger partial charge in [0.25, 0.3) is 11.8 Å². The maximum absolute atomic E-state index is 13.0. The number of rotatable bonds is 4. The summed E-state index contributed by atoms with van der Waals surface area (Å²) < 4.78 is 18.4. The molecule has 2 heterocycles. The van der Waals surface area contributed by atoms with Gasteiger partial charge in [-0.1, -0.05) is 17.3 Å². The third kappa shape index (κ3) is 3.57. The predicted molar refractivity (Wildman–Crippen MR) is 97.3 cm³/mol. The van der Waals surface area contributed by atoms with Gasteiger partial charge in [-0.15, -0.1) is 0 Å². The van der Waals surface area contributed by atoms with Crippen molar-refractivity contribution in [2.45, 2.75) is 0 Å². The number of carbonyl (C=O) groups excluding carboxylic acids is 1. The number of carbonyl (C=O) groups is 1. The first-order chi connectivity index (χ1) is 13.2. The van der Waals surface area contributed by atoms with Crippen molar-refractivity contribution >= 4 is 11.6 Å². The maximum atomic E-state index is 13.0. The lowest BCUT2D eigenvalue weighted by atomic mass is 10.1. The first-order valence-electron chi connectivity index (χ1n) is 8.11. The van der Waals surface area contributed by atoms with Gasteiger partial charge in [0, 0.05) is 23.5 Å². The quantitative estimate of drug-likeness (QED) is 0.590. The standard InChI is InChI=1S/C20H13FN4O2/c21-15-9-7-13(8-10-15)19(26)23-17-6-2-1-5-16(17)20-24-18(25-27-20)14-4-3-11-22-12-14/h1-12H,(H,23,26). The van der Waals surface area contributed by atoms with Crippen molar-refractivity contribution in [3.05, 3.63) is 84.4 Å². The predicted octanol–water partition coefficient (Wildman–Crippen LogP) is 4.19. The minimum absolute atomic E-state index is 0.267. The van der Waals surface area contributed by atoms with Crippen LogP contribution in [0.25, 0.3) is 22.8 Å². The Morgan fingerprint density at radius 1 is 1.00 bits per heavy atom. The van der Waals surface area contributed by atoms with Crippen molar-refractivity contribution in [3.63, 3.8) is 0 Å². The molecule has 2 aromatic heterocycles. The fourth-order valence-electron chi connectivity index (χ4n) is 2.52. The summed E-state index contributed by atoms with van der Waals surface area (Å²) in [4.78, 5) is 20.8. The average molecular weight is 360 g/mol. The van der Waals surface area contributed by atoms with Crippen LogP contribution in [0.1, 0.15) is 10.4 Å². The van der Waals surface area contributed by atoms with E-state index in [0.717, 1.165) is 5.56 Å². The van der Waals surface area contributed by atoms with E-state index in [1.807, 2.05) is 6.07 Å². The number of hydrogen-bond acceptors (Lipinski definition) is 5. The number of aromatic nitrogens is 3. The van der Waals surface area contributed by atoms with Crippen molar-refractivity contribution in [1.29, 1.82) is 0 Å². The van der Waals surface area contributed by atoms with E-state index in [9.17, 15) is 9.18 Å². The molecule has 0 saturated heterocycles. The van der Waals surface area contributed by atoms with E-state index >= 15 is 0 Å². The molecule has 0 atom stereocenters. The molecule has 1 N–H and O–H groups in total. The molecule has 0 spiro atoms. The fourth-order valence-corrected chi connectivity index (χ4v) is 2.52. The Morgan fingerprint density at radius 3 is 2.59 bits per heavy atom. The van der Waals surface area contributed by atoms with Gasteiger partial charge in [-0.2, -0.15) is 4.98 Å². The van der Waals surface area contributed by atoms with Gasteiger partial charge in [0.2, 0.25) is 5.82 Å². The average Bonchev–Trinajstić information content (AvgIpc) is 3.19. The number of halogens is 1. The first kappa shape index (κ1) is 16.6. The molecular formula is C20H13FN4O2. The smallest absolute Gasteiger partial charge is 0.260 e. The van der Waals surface area contributed by atoms with Crippen molar-refractivity contribution in [2.75, 3.05) is 5.32 Å². The zero-order chi connectivity index (χ0) is 18.6. The molecule has 4 aromatic rings. The fraction of sp³-hybridized carbons (Fsp3) is 0. The van der Waals surface area contributed by atoms with E-state index < -0.39 is 5.82 Å². The van der Waals surface area contributed by atoms with Crippen molar-refractivity contribution in [1.82, 2.24) is 15.1 Å². The SMILES string of the molecule is O=C(Nc1ccccc1-c1nc(-c2cccnc2)no1)c1ccc(F)cc1. The van der Waals surface area contributed by atoms with Gasteiger partial charge >= 0.3 is 0 Å². The molecule has 0 aliphatic carbocycles. The van der Waals surface area contributed by atoms with Crippen LogP contribution in [0.2, 0.25) is 0 Å². The number of nitrogens with zero attached hydrogens (tertiary/aromatic N) is 3. The summed E-state index contributed by atoms with van der Waals surface area (Å²) in [6, 6.07) is 16.0. The molecule has 0 unspecified atom stereocenters. The first-order valence-corrected chi connectivity index (χ1v) is 8.11. The van der Waals surface area contributed by atoms with Crippen LogP contribution in [0, 0.1) is 5.82 Å². The Kier molecular flexibility index (Phi) is 4.40. The van der Waals surface area contributed by atoms with Gasteiger partial charge in [0.15, 0.2) is 0 Å². The Bertz CT molecular complexity index is 1080. The van der Waals surface area contributed by atoms with Crippen LogP contribution in [-0.4, -0.2) is 21.0 Å². The van der Waals surface area contributed by atoms with Crippen LogP contribution in [0.3, 0.4) is 0 Å². The molecular weight excluding hydrogens is 347 g/mol. The minimum Gasteiger partial charge on any atom is -0.334 e. The summed E-state index contributed by atoms with van der Waals surface area (Å²) in [7, 11) is 0. The summed E-state index contributed by atoms with van der Waals surface area (Å²) in [5, 5.41) is 6.76. The second kappa shape index (κ2) is 7.17. The summed E-state index contributed by atoms with van der Waals surface area (Å²) in [6.45, 7) is 0. The van der Waals surface area contributed by atoms with Gasteiger partial charge in [0.1, 0.15) is 5.82 Å². The van der Waals surface area contributed by atoms with E-state index in [0.29, 0.717) is 22.6 Å². The maximum Gasteiger partial charge on any atom is 0.260 e. The Hall–Kier alpha value is -3.87. The number of nitrogens with one attached hydrogen (secondary N) is 1. The number of pyridine rings is 1. The normalized spacial score (nSPS) is 10.6. The van der Waals surface area contributed by atoms with E-state index in [-0.39, 0.29) is 11.8 Å². The molecule has 6 nitrogen and oxygen atoms in total. The van der Waals surface area contributed by atoms with E-state index in [2.05, 4.69) is 20.4 Å². The number of benzene rings is 2. The highest BCUT2D eigenvalue weighted by molar-refractivity contribution is 6.05. The summed E-state index contributed by atoms with van der Waals surface area (Å²) in [5.74, 6) is -0.100. The van der Waals surface area contributed by atoms with Crippen molar-refractivity contribution in [3.8, 4) is 22.8 Å². The van der Waals surface area contributed by atoms with E-state index in [1.54, 1.807) is 42.7 Å². The molecule has 132 valence electrons. The van der Waals surface area contributed by atoms with Crippen LogP contribution in [0.4, 0.5) is 10.1 Å². The van der Waals surface area contributed by atoms with E-state index in [4.69, 9.17) is 4.52 Å². The third-order valence-corrected chi connectivity index (χ3v) is 3.86. The lowest BCUT2D eigenvalue weighted by Crippen LogP contribution is -2.12. The van der Waals surface area contributed by atoms with Gasteiger partial charge < -0.3 is 9.84 Å². The number of hydrogen-bond donors (Lipinski definition) is 1. The van der Waals surface area contributed by atoms with Gasteiger partial charge in [0.05, 0.1) is 11.3 Å². The van der Waals surface area contributed by atoms with Crippen LogP contribution >= 0.6 is 0 Å². The highest BCUT2D eigenvalue weighted by Crippen LogP contribution is 2.28. The highest BCUT2D eigenvalue weighted by Gasteiger charge is 2.16. The number of anilines is 1. The van der Waals surface area contributed by atoms with Gasteiger partial charge in [-0.25, -0.2) is 4.39 Å². The summed E-state index contributed by atoms with van der Waals surface area (Å²) in [6.07, 6.45) is 3.29. The number of para-hydroxylation sites is 1. The van der Waals surface area contributed by atoms with Gasteiger partial charge in [-0.05, 0) is 48.5 Å². The second-order valence-corrected chi connectivity index (χ2v) is 5.67. The molecule has 1 amide bonds. The lowest BCUT2D eigenvalue weighted by molar-refractivity contribution is 0.102. The van der Waals surface area contributed by atoms with Crippen LogP contribution in [-0.2, 0) is 0 Å². The molecule has 7 heteroatoms. The van der Waals surface area contributed by atoms with Gasteiger partial charge in [-0.3, -0.25) is 9.78 Å². The van der Waals surface area contributed by atoms with Crippen molar-refractivity contribution < 1.29 is 13.7 Å². The lowest BCUT2D eigenvalue weighted by Gasteiger charge is -2.08. The number of amides is 1. The highest BCUT2D eigenvalue weighted by atomic mass is 19.1. The topological polar surface area (TPSA) is 80.9 Å². The molecule has 0 saturated carbocycles. The zero-order valence-corrected chi connectivity index (χ0v) is 14.0. The Balaban J connectivity index is 1.63. The molecule has 0 radical (unpaired) electrons. The molecule has 27 heavy (non-hydrogen) atoms. The molecule has 0 aliphatic heterocycles. The molecule has 0 bridgehead atoms. The molecule has 4 rings (SSSR count). The van der Waals surface area contributed by atoms with E-state index in [1.165, 1.54) is 24.3 Å². The summed E-state index contributed by atoms with van der Waals surface area (Å²) in [5.41, 5.74) is 2.15. The molecule has 2 aromatic carbocycles. The third-order valence-electron chi connectivity index (χ3n) is 3.86. The monoisotopic (exact) mass is 360 g/mol. The largest absolute Gasteiger partial charge is 0.334 e. The zero-order valence-electron chi connectivity index (χ0n) is 14.0. The molecule has 0 fully saturated rings. The van der Waals surface area contributed by atoms with Crippen LogP contribution in [0.5, 0.6) is 0 Å². The van der Waals surface area contributed by atoms with Crippen LogP contribution in [0.15, 0.2) is 77.6 Å². The minimum atomic E-state index is -0.402.